The summed E-state index contributed by atoms with van der Waals surface area (Å²) in [5, 5.41) is 15.6. The first-order valence-electron chi connectivity index (χ1n) is 10.5. The van der Waals surface area contributed by atoms with Gasteiger partial charge in [-0.1, -0.05) is 29.0 Å². The van der Waals surface area contributed by atoms with Gasteiger partial charge in [-0.25, -0.2) is 4.79 Å². The van der Waals surface area contributed by atoms with Gasteiger partial charge < -0.3 is 20.3 Å². The highest BCUT2D eigenvalue weighted by Gasteiger charge is 2.28. The molecule has 2 N–H and O–H groups in total. The lowest BCUT2D eigenvalue weighted by Gasteiger charge is -2.31. The third-order valence-corrected chi connectivity index (χ3v) is 6.80. The summed E-state index contributed by atoms with van der Waals surface area (Å²) in [6.45, 7) is 3.10. The maximum Gasteiger partial charge on any atom is 0.321 e. The van der Waals surface area contributed by atoms with Crippen LogP contribution in [0.2, 0.25) is 5.02 Å². The lowest BCUT2D eigenvalue weighted by Crippen LogP contribution is -2.41. The van der Waals surface area contributed by atoms with Gasteiger partial charge in [0, 0.05) is 24.7 Å². The first-order chi connectivity index (χ1) is 15.9. The molecule has 0 radical (unpaired) electrons. The number of ether oxygens (including phenoxy) is 1. The number of nitrogens with one attached hydrogen (secondary N) is 2. The van der Waals surface area contributed by atoms with E-state index in [4.69, 9.17) is 16.3 Å². The number of urea groups is 1. The number of nitrogens with zero attached hydrogens (tertiary/aromatic N) is 3. The molecule has 0 bridgehead atoms. The van der Waals surface area contributed by atoms with Gasteiger partial charge in [-0.15, -0.1) is 10.2 Å². The van der Waals surface area contributed by atoms with Crippen LogP contribution in [0.15, 0.2) is 42.5 Å². The minimum atomic E-state index is -0.316. The molecule has 33 heavy (non-hydrogen) atoms. The zero-order valence-electron chi connectivity index (χ0n) is 18.3. The zero-order valence-corrected chi connectivity index (χ0v) is 19.9. The number of halogens is 1. The van der Waals surface area contributed by atoms with Crippen LogP contribution in [-0.4, -0.2) is 47.2 Å². The maximum absolute atomic E-state index is 12.8. The predicted octanol–water partition coefficient (Wildman–Crippen LogP) is 5.17. The molecule has 3 amide bonds. The van der Waals surface area contributed by atoms with Crippen LogP contribution in [0.25, 0.3) is 0 Å². The summed E-state index contributed by atoms with van der Waals surface area (Å²) in [7, 11) is 1.59. The van der Waals surface area contributed by atoms with Crippen molar-refractivity contribution in [2.24, 2.45) is 0 Å². The number of aryl methyl sites for hydroxylation is 1. The van der Waals surface area contributed by atoms with E-state index in [9.17, 15) is 9.59 Å². The highest BCUT2D eigenvalue weighted by molar-refractivity contribution is 7.13. The Hall–Kier alpha value is -3.17. The number of amides is 3. The van der Waals surface area contributed by atoms with E-state index in [0.29, 0.717) is 35.2 Å². The smallest absolute Gasteiger partial charge is 0.321 e. The van der Waals surface area contributed by atoms with Crippen LogP contribution in [0.4, 0.5) is 16.2 Å². The molecule has 8 nitrogen and oxygen atoms in total. The highest BCUT2D eigenvalue weighted by Crippen LogP contribution is 2.30. The van der Waals surface area contributed by atoms with Crippen molar-refractivity contribution in [2.75, 3.05) is 30.8 Å². The quantitative estimate of drug-likeness (QED) is 0.519. The summed E-state index contributed by atoms with van der Waals surface area (Å²) < 4.78 is 5.13. The molecule has 2 heterocycles. The number of rotatable bonds is 5. The van der Waals surface area contributed by atoms with Gasteiger partial charge in [-0.2, -0.15) is 0 Å². The van der Waals surface area contributed by atoms with Gasteiger partial charge in [0.15, 0.2) is 0 Å². The van der Waals surface area contributed by atoms with Gasteiger partial charge in [-0.05, 0) is 61.7 Å². The zero-order chi connectivity index (χ0) is 23.4. The van der Waals surface area contributed by atoms with Crippen molar-refractivity contribution in [1.82, 2.24) is 15.1 Å². The fourth-order valence-electron chi connectivity index (χ4n) is 3.63. The van der Waals surface area contributed by atoms with E-state index >= 15 is 0 Å². The monoisotopic (exact) mass is 485 g/mol. The van der Waals surface area contributed by atoms with Crippen LogP contribution in [-0.2, 0) is 0 Å². The van der Waals surface area contributed by atoms with Crippen molar-refractivity contribution in [1.29, 1.82) is 0 Å². The van der Waals surface area contributed by atoms with Gasteiger partial charge in [-0.3, -0.25) is 4.79 Å². The van der Waals surface area contributed by atoms with Gasteiger partial charge in [0.25, 0.3) is 5.91 Å². The van der Waals surface area contributed by atoms with Crippen molar-refractivity contribution >= 4 is 46.3 Å². The number of carbonyl (C=O) groups excluding carboxylic acids is 2. The molecule has 0 aliphatic carbocycles. The molecule has 1 atom stereocenters. The summed E-state index contributed by atoms with van der Waals surface area (Å²) in [6, 6.07) is 12.4. The van der Waals surface area contributed by atoms with Crippen LogP contribution >= 0.6 is 22.9 Å². The number of piperidine rings is 1. The van der Waals surface area contributed by atoms with Crippen molar-refractivity contribution < 1.29 is 14.3 Å². The van der Waals surface area contributed by atoms with Crippen LogP contribution in [0.1, 0.15) is 39.1 Å². The van der Waals surface area contributed by atoms with E-state index in [0.717, 1.165) is 23.4 Å². The van der Waals surface area contributed by atoms with Crippen LogP contribution in [0.3, 0.4) is 0 Å². The molecule has 2 aromatic carbocycles. The molecular formula is C23H24ClN5O3S. The van der Waals surface area contributed by atoms with E-state index in [1.165, 1.54) is 11.3 Å². The van der Waals surface area contributed by atoms with Gasteiger partial charge in [0.1, 0.15) is 10.8 Å². The Bertz CT molecular complexity index is 1150. The number of anilines is 2. The van der Waals surface area contributed by atoms with Crippen molar-refractivity contribution in [3.8, 4) is 5.75 Å². The largest absolute Gasteiger partial charge is 0.497 e. The molecule has 1 saturated heterocycles. The van der Waals surface area contributed by atoms with Crippen LogP contribution in [0.5, 0.6) is 5.75 Å². The molecule has 3 aromatic rings. The van der Waals surface area contributed by atoms with Gasteiger partial charge in [0.05, 0.1) is 17.8 Å². The lowest BCUT2D eigenvalue weighted by molar-refractivity contribution is 0.102. The first-order valence-corrected chi connectivity index (χ1v) is 11.7. The van der Waals surface area contributed by atoms with Crippen molar-refractivity contribution in [2.45, 2.75) is 25.7 Å². The van der Waals surface area contributed by atoms with Crippen LogP contribution < -0.4 is 15.4 Å². The second-order valence-corrected chi connectivity index (χ2v) is 9.24. The number of aromatic nitrogens is 2. The Morgan fingerprint density at radius 1 is 1.15 bits per heavy atom. The molecule has 4 rings (SSSR count). The minimum Gasteiger partial charge on any atom is -0.497 e. The molecule has 0 saturated carbocycles. The normalized spacial score (nSPS) is 15.7. The van der Waals surface area contributed by atoms with E-state index in [1.54, 1.807) is 42.3 Å². The maximum atomic E-state index is 12.8. The molecule has 1 aliphatic rings. The first kappa shape index (κ1) is 23.0. The Balaban J connectivity index is 1.38. The van der Waals surface area contributed by atoms with E-state index in [-0.39, 0.29) is 22.9 Å². The lowest BCUT2D eigenvalue weighted by atomic mass is 9.99. The Morgan fingerprint density at radius 3 is 2.67 bits per heavy atom. The average molecular weight is 486 g/mol. The topological polar surface area (TPSA) is 96.4 Å². The van der Waals surface area contributed by atoms with Gasteiger partial charge >= 0.3 is 6.03 Å². The standard InChI is InChI=1S/C23H24ClN5O3S/c1-14-5-10-19(18(24)12-14)26-23(31)29-11-3-4-15(13-29)21-27-28-22(33-21)20(30)25-16-6-8-17(32-2)9-7-16/h5-10,12,15H,3-4,11,13H2,1-2H3,(H,25,30)(H,26,31)/t15-/m1/s1. The molecule has 10 heteroatoms. The van der Waals surface area contributed by atoms with E-state index in [1.807, 2.05) is 19.1 Å². The summed E-state index contributed by atoms with van der Waals surface area (Å²) in [5.74, 6) is 0.420. The number of likely N-dealkylation sites (tertiary alicyclic amines) is 1. The van der Waals surface area contributed by atoms with Crippen molar-refractivity contribution in [3.63, 3.8) is 0 Å². The molecule has 0 spiro atoms. The predicted molar refractivity (Wildman–Crippen MR) is 130 cm³/mol. The molecule has 1 aromatic heterocycles. The molecule has 172 valence electrons. The fourth-order valence-corrected chi connectivity index (χ4v) is 4.78. The Labute approximate surface area is 200 Å². The Morgan fingerprint density at radius 2 is 1.94 bits per heavy atom. The van der Waals surface area contributed by atoms with E-state index in [2.05, 4.69) is 20.8 Å². The van der Waals surface area contributed by atoms with Crippen LogP contribution in [0, 0.1) is 6.92 Å². The number of hydrogen-bond donors (Lipinski definition) is 2. The second kappa shape index (κ2) is 10.2. The number of benzene rings is 2. The third kappa shape index (κ3) is 5.61. The number of methoxy groups -OCH3 is 1. The molecular weight excluding hydrogens is 462 g/mol. The average Bonchev–Trinajstić information content (AvgIpc) is 3.32. The Kier molecular flexibility index (Phi) is 7.10. The minimum absolute atomic E-state index is 0.0260. The summed E-state index contributed by atoms with van der Waals surface area (Å²) >= 11 is 7.51. The number of hydrogen-bond acceptors (Lipinski definition) is 6. The summed E-state index contributed by atoms with van der Waals surface area (Å²) in [6.07, 6.45) is 1.72. The molecule has 1 fully saturated rings. The SMILES string of the molecule is COc1ccc(NC(=O)c2nnc([C@@H]3CCCN(C(=O)Nc4ccc(C)cc4Cl)C3)s2)cc1. The highest BCUT2D eigenvalue weighted by atomic mass is 35.5. The summed E-state index contributed by atoms with van der Waals surface area (Å²) in [5.41, 5.74) is 2.26. The second-order valence-electron chi connectivity index (χ2n) is 7.83. The van der Waals surface area contributed by atoms with Crippen molar-refractivity contribution in [3.05, 3.63) is 63.1 Å². The fraction of sp³-hybridized carbons (Fsp3) is 0.304. The third-order valence-electron chi connectivity index (χ3n) is 5.41. The number of carbonyl (C=O) groups is 2. The summed E-state index contributed by atoms with van der Waals surface area (Å²) in [4.78, 5) is 27.1. The molecule has 1 aliphatic heterocycles. The molecule has 0 unspecified atom stereocenters. The van der Waals surface area contributed by atoms with E-state index < -0.39 is 0 Å². The van der Waals surface area contributed by atoms with Gasteiger partial charge in [0.2, 0.25) is 5.01 Å².